The molecule has 4 atom stereocenters. The summed E-state index contributed by atoms with van der Waals surface area (Å²) < 4.78 is 11.0. The molecule has 1 aliphatic heterocycles. The normalized spacial score (nSPS) is 33.2. The average molecular weight is 264 g/mol. The van der Waals surface area contributed by atoms with Crippen molar-refractivity contribution >= 4 is 5.82 Å². The fraction of sp³-hybridized carbons (Fsp3) is 0.692. The quantitative estimate of drug-likeness (QED) is 0.836. The Balaban J connectivity index is 1.75. The maximum Gasteiger partial charge on any atom is 0.221 e. The van der Waals surface area contributed by atoms with Gasteiger partial charge >= 0.3 is 0 Å². The third-order valence-corrected chi connectivity index (χ3v) is 4.21. The highest BCUT2D eigenvalue weighted by molar-refractivity contribution is 5.49. The van der Waals surface area contributed by atoms with Gasteiger partial charge in [0.1, 0.15) is 12.1 Å². The van der Waals surface area contributed by atoms with Gasteiger partial charge in [-0.2, -0.15) is 0 Å². The zero-order valence-corrected chi connectivity index (χ0v) is 11.3. The van der Waals surface area contributed by atoms with E-state index in [1.165, 1.54) is 6.33 Å². The maximum absolute atomic E-state index is 6.23. The van der Waals surface area contributed by atoms with E-state index in [1.807, 2.05) is 6.92 Å². The number of methoxy groups -OCH3 is 1. The number of nitrogens with two attached hydrogens (primary N) is 1. The van der Waals surface area contributed by atoms with Crippen molar-refractivity contribution < 1.29 is 9.47 Å². The van der Waals surface area contributed by atoms with Crippen molar-refractivity contribution in [1.29, 1.82) is 0 Å². The molecule has 3 rings (SSSR count). The van der Waals surface area contributed by atoms with Crippen LogP contribution in [0.25, 0.3) is 0 Å². The van der Waals surface area contributed by atoms with E-state index in [-0.39, 0.29) is 18.2 Å². The Labute approximate surface area is 112 Å². The highest BCUT2D eigenvalue weighted by atomic mass is 16.5. The molecule has 19 heavy (non-hydrogen) atoms. The number of nitrogens with one attached hydrogen (secondary N) is 1. The zero-order valence-electron chi connectivity index (χ0n) is 11.3. The molecule has 2 fully saturated rings. The van der Waals surface area contributed by atoms with Crippen LogP contribution < -0.4 is 15.8 Å². The van der Waals surface area contributed by atoms with Crippen LogP contribution in [0.5, 0.6) is 5.88 Å². The molecular weight excluding hydrogens is 244 g/mol. The van der Waals surface area contributed by atoms with Crippen LogP contribution in [-0.2, 0) is 4.74 Å². The number of hydrogen-bond donors (Lipinski definition) is 2. The molecule has 6 nitrogen and oxygen atoms in total. The second-order valence-electron chi connectivity index (χ2n) is 5.25. The van der Waals surface area contributed by atoms with Crippen LogP contribution in [0.15, 0.2) is 6.33 Å². The van der Waals surface area contributed by atoms with Gasteiger partial charge in [-0.05, 0) is 19.8 Å². The van der Waals surface area contributed by atoms with E-state index in [2.05, 4.69) is 15.3 Å². The summed E-state index contributed by atoms with van der Waals surface area (Å²) in [6.45, 7) is 2.77. The molecule has 0 radical (unpaired) electrons. The molecule has 104 valence electrons. The van der Waals surface area contributed by atoms with Crippen molar-refractivity contribution in [2.45, 2.75) is 38.0 Å². The molecule has 4 unspecified atom stereocenters. The number of fused-ring (bicyclic) bond motifs is 1. The van der Waals surface area contributed by atoms with Gasteiger partial charge < -0.3 is 20.5 Å². The van der Waals surface area contributed by atoms with Gasteiger partial charge in [0, 0.05) is 18.6 Å². The molecule has 1 aliphatic carbocycles. The second-order valence-corrected chi connectivity index (χ2v) is 5.25. The van der Waals surface area contributed by atoms with Gasteiger partial charge in [-0.15, -0.1) is 0 Å². The smallest absolute Gasteiger partial charge is 0.221 e. The minimum Gasteiger partial charge on any atom is -0.481 e. The average Bonchev–Trinajstić information content (AvgIpc) is 2.45. The van der Waals surface area contributed by atoms with Crippen molar-refractivity contribution in [3.05, 3.63) is 11.9 Å². The molecule has 3 N–H and O–H groups in total. The van der Waals surface area contributed by atoms with E-state index in [9.17, 15) is 0 Å². The van der Waals surface area contributed by atoms with Crippen molar-refractivity contribution in [2.75, 3.05) is 19.0 Å². The molecule has 0 aromatic carbocycles. The molecular formula is C13H20N4O2. The first-order chi connectivity index (χ1) is 9.22. The minimum absolute atomic E-state index is 0.128. The number of ether oxygens (including phenoxy) is 2. The summed E-state index contributed by atoms with van der Waals surface area (Å²) in [7, 11) is 1.61. The lowest BCUT2D eigenvalue weighted by Gasteiger charge is -2.52. The van der Waals surface area contributed by atoms with Crippen LogP contribution in [0.4, 0.5) is 5.82 Å². The van der Waals surface area contributed by atoms with Gasteiger partial charge in [0.15, 0.2) is 0 Å². The number of anilines is 1. The van der Waals surface area contributed by atoms with Crippen molar-refractivity contribution in [3.8, 4) is 5.88 Å². The van der Waals surface area contributed by atoms with E-state index in [4.69, 9.17) is 15.2 Å². The monoisotopic (exact) mass is 264 g/mol. The molecule has 2 aliphatic rings. The van der Waals surface area contributed by atoms with E-state index >= 15 is 0 Å². The fourth-order valence-corrected chi connectivity index (χ4v) is 3.07. The molecule has 6 heteroatoms. The van der Waals surface area contributed by atoms with E-state index < -0.39 is 0 Å². The largest absolute Gasteiger partial charge is 0.481 e. The summed E-state index contributed by atoms with van der Waals surface area (Å²) in [6, 6.07) is 0.259. The molecule has 0 amide bonds. The topological polar surface area (TPSA) is 82.3 Å². The van der Waals surface area contributed by atoms with Gasteiger partial charge in [-0.25, -0.2) is 9.97 Å². The third kappa shape index (κ3) is 2.04. The molecule has 1 saturated heterocycles. The molecule has 1 aromatic heterocycles. The number of hydrogen-bond acceptors (Lipinski definition) is 6. The van der Waals surface area contributed by atoms with Crippen LogP contribution in [0.3, 0.4) is 0 Å². The highest BCUT2D eigenvalue weighted by Gasteiger charge is 2.50. The first-order valence-corrected chi connectivity index (χ1v) is 6.71. The van der Waals surface area contributed by atoms with Gasteiger partial charge in [0.25, 0.3) is 0 Å². The van der Waals surface area contributed by atoms with Crippen LogP contribution in [0.1, 0.15) is 18.4 Å². The highest BCUT2D eigenvalue weighted by Crippen LogP contribution is 2.39. The first kappa shape index (κ1) is 12.6. The standard InChI is InChI=1S/C13H20N4O2/c1-7-12(15-6-16-13(7)18-2)17-10-9(14)8-4-3-5-19-11(8)10/h6,8-11H,3-5,14H2,1-2H3,(H,15,16,17). The van der Waals surface area contributed by atoms with Crippen molar-refractivity contribution in [1.82, 2.24) is 9.97 Å². The Bertz CT molecular complexity index is 468. The van der Waals surface area contributed by atoms with Crippen molar-refractivity contribution in [3.63, 3.8) is 0 Å². The SMILES string of the molecule is COc1ncnc(NC2C(N)C3CCCOC32)c1C. The van der Waals surface area contributed by atoms with Crippen LogP contribution in [0, 0.1) is 12.8 Å². The lowest BCUT2D eigenvalue weighted by atomic mass is 9.68. The number of aromatic nitrogens is 2. The Morgan fingerprint density at radius 3 is 3.11 bits per heavy atom. The molecule has 1 saturated carbocycles. The zero-order chi connectivity index (χ0) is 13.4. The van der Waals surface area contributed by atoms with Crippen LogP contribution in [-0.4, -0.2) is 41.9 Å². The Hall–Kier alpha value is -1.40. The van der Waals surface area contributed by atoms with Gasteiger partial charge in [-0.3, -0.25) is 0 Å². The number of rotatable bonds is 3. The summed E-state index contributed by atoms with van der Waals surface area (Å²) >= 11 is 0. The van der Waals surface area contributed by atoms with Gasteiger partial charge in [0.2, 0.25) is 5.88 Å². The van der Waals surface area contributed by atoms with Gasteiger partial charge in [-0.1, -0.05) is 0 Å². The Kier molecular flexibility index (Phi) is 3.28. The molecule has 0 bridgehead atoms. The summed E-state index contributed by atoms with van der Waals surface area (Å²) in [5.74, 6) is 1.85. The van der Waals surface area contributed by atoms with Crippen molar-refractivity contribution in [2.24, 2.45) is 11.7 Å². The molecule has 2 heterocycles. The summed E-state index contributed by atoms with van der Waals surface area (Å²) in [4.78, 5) is 8.34. The maximum atomic E-state index is 6.23. The predicted molar refractivity (Wildman–Crippen MR) is 71.2 cm³/mol. The van der Waals surface area contributed by atoms with Crippen LogP contribution in [0.2, 0.25) is 0 Å². The fourth-order valence-electron chi connectivity index (χ4n) is 3.07. The van der Waals surface area contributed by atoms with Gasteiger partial charge in [0.05, 0.1) is 24.8 Å². The molecule has 0 spiro atoms. The minimum atomic E-state index is 0.128. The first-order valence-electron chi connectivity index (χ1n) is 6.71. The van der Waals surface area contributed by atoms with Crippen LogP contribution >= 0.6 is 0 Å². The second kappa shape index (κ2) is 4.94. The Morgan fingerprint density at radius 1 is 1.47 bits per heavy atom. The summed E-state index contributed by atoms with van der Waals surface area (Å²) in [5, 5.41) is 3.39. The third-order valence-electron chi connectivity index (χ3n) is 4.21. The van der Waals surface area contributed by atoms with E-state index in [0.29, 0.717) is 11.8 Å². The lowest BCUT2D eigenvalue weighted by molar-refractivity contribution is -0.104. The lowest BCUT2D eigenvalue weighted by Crippen LogP contribution is -2.69. The summed E-state index contributed by atoms with van der Waals surface area (Å²) in [5.41, 5.74) is 7.13. The number of nitrogens with zero attached hydrogens (tertiary/aromatic N) is 2. The van der Waals surface area contributed by atoms with E-state index in [0.717, 1.165) is 30.8 Å². The molecule has 1 aromatic rings. The predicted octanol–water partition coefficient (Wildman–Crippen LogP) is 0.710. The Morgan fingerprint density at radius 2 is 2.32 bits per heavy atom. The van der Waals surface area contributed by atoms with E-state index in [1.54, 1.807) is 7.11 Å². The summed E-state index contributed by atoms with van der Waals surface area (Å²) in [6.07, 6.45) is 3.99.